The summed E-state index contributed by atoms with van der Waals surface area (Å²) in [5.41, 5.74) is 2.74. The Bertz CT molecular complexity index is 927. The first kappa shape index (κ1) is 16.3. The van der Waals surface area contributed by atoms with Gasteiger partial charge in [-0.25, -0.2) is 9.97 Å². The zero-order chi connectivity index (χ0) is 17.6. The number of halogens is 1. The van der Waals surface area contributed by atoms with Crippen molar-refractivity contribution >= 4 is 28.5 Å². The van der Waals surface area contributed by atoms with Crippen LogP contribution in [0.1, 0.15) is 6.42 Å². The second kappa shape index (κ2) is 6.29. The first-order chi connectivity index (χ1) is 12.0. The van der Waals surface area contributed by atoms with Gasteiger partial charge in [-0.1, -0.05) is 23.7 Å². The van der Waals surface area contributed by atoms with E-state index >= 15 is 0 Å². The number of anilines is 1. The minimum absolute atomic E-state index is 0.345. The van der Waals surface area contributed by atoms with E-state index in [2.05, 4.69) is 4.98 Å². The van der Waals surface area contributed by atoms with Crippen LogP contribution in [0, 0.1) is 0 Å². The predicted molar refractivity (Wildman–Crippen MR) is 97.8 cm³/mol. The molecule has 0 saturated carbocycles. The van der Waals surface area contributed by atoms with Crippen molar-refractivity contribution < 1.29 is 10.2 Å². The highest BCUT2D eigenvalue weighted by molar-refractivity contribution is 6.33. The monoisotopic (exact) mass is 358 g/mol. The third-order valence-electron chi connectivity index (χ3n) is 4.74. The molecule has 0 bridgehead atoms. The maximum atomic E-state index is 9.93. The number of aliphatic hydroxyl groups is 2. The summed E-state index contributed by atoms with van der Waals surface area (Å²) < 4.78 is 2.01. The number of benzene rings is 1. The van der Waals surface area contributed by atoms with Gasteiger partial charge in [-0.2, -0.15) is 0 Å². The third-order valence-corrected chi connectivity index (χ3v) is 5.04. The maximum Gasteiger partial charge on any atom is 0.142 e. The standard InChI is InChI=1S/C18H19ClN4O2/c1-22-14-5-3-2-4-13(14)21-18(22)11-8-17(20-9-12(11)19)23-7-6-15(24)16(25)10-23/h2-5,8-9,15-16,24-25H,6-7,10H2,1H3. The number of aryl methyl sites for hydroxylation is 1. The molecule has 1 aliphatic heterocycles. The number of aromatic nitrogens is 3. The number of para-hydroxylation sites is 2. The first-order valence-electron chi connectivity index (χ1n) is 8.23. The molecule has 1 aromatic carbocycles. The lowest BCUT2D eigenvalue weighted by molar-refractivity contribution is 0.00786. The minimum atomic E-state index is -0.773. The van der Waals surface area contributed by atoms with Crippen LogP contribution in [-0.2, 0) is 7.05 Å². The van der Waals surface area contributed by atoms with Crippen molar-refractivity contribution in [2.75, 3.05) is 18.0 Å². The van der Waals surface area contributed by atoms with Gasteiger partial charge in [-0.3, -0.25) is 0 Å². The minimum Gasteiger partial charge on any atom is -0.390 e. The molecule has 0 aliphatic carbocycles. The van der Waals surface area contributed by atoms with E-state index < -0.39 is 12.2 Å². The summed E-state index contributed by atoms with van der Waals surface area (Å²) in [4.78, 5) is 11.1. The van der Waals surface area contributed by atoms with E-state index in [1.807, 2.05) is 46.8 Å². The molecule has 7 heteroatoms. The fourth-order valence-electron chi connectivity index (χ4n) is 3.29. The Morgan fingerprint density at radius 1 is 1.20 bits per heavy atom. The summed E-state index contributed by atoms with van der Waals surface area (Å²) in [6.07, 6.45) is 0.670. The summed E-state index contributed by atoms with van der Waals surface area (Å²) in [5.74, 6) is 1.49. The van der Waals surface area contributed by atoms with Gasteiger partial charge in [0.05, 0.1) is 28.3 Å². The molecule has 2 atom stereocenters. The molecule has 0 amide bonds. The molecule has 3 aromatic rings. The Balaban J connectivity index is 1.76. The van der Waals surface area contributed by atoms with Crippen molar-refractivity contribution in [2.45, 2.75) is 18.6 Å². The normalized spacial score (nSPS) is 21.0. The first-order valence-corrected chi connectivity index (χ1v) is 8.61. The topological polar surface area (TPSA) is 74.4 Å². The van der Waals surface area contributed by atoms with Crippen molar-refractivity contribution in [3.8, 4) is 11.4 Å². The van der Waals surface area contributed by atoms with Crippen molar-refractivity contribution in [1.29, 1.82) is 0 Å². The molecule has 25 heavy (non-hydrogen) atoms. The Morgan fingerprint density at radius 3 is 2.76 bits per heavy atom. The lowest BCUT2D eigenvalue weighted by atomic mass is 10.0. The highest BCUT2D eigenvalue weighted by atomic mass is 35.5. The average molecular weight is 359 g/mol. The fraction of sp³-hybridized carbons (Fsp3) is 0.333. The lowest BCUT2D eigenvalue weighted by Crippen LogP contribution is -2.47. The smallest absolute Gasteiger partial charge is 0.142 e. The van der Waals surface area contributed by atoms with Gasteiger partial charge in [0.1, 0.15) is 11.6 Å². The lowest BCUT2D eigenvalue weighted by Gasteiger charge is -2.34. The van der Waals surface area contributed by atoms with Crippen LogP contribution in [0.2, 0.25) is 5.02 Å². The summed E-state index contributed by atoms with van der Waals surface area (Å²) in [5, 5.41) is 20.2. The summed E-state index contributed by atoms with van der Waals surface area (Å²) in [6.45, 7) is 0.979. The molecule has 1 fully saturated rings. The number of hydrogen-bond acceptors (Lipinski definition) is 5. The SMILES string of the molecule is Cn1c(-c2cc(N3CCC(O)C(O)C3)ncc2Cl)nc2ccccc21. The quantitative estimate of drug-likeness (QED) is 0.734. The van der Waals surface area contributed by atoms with Crippen LogP contribution in [0.3, 0.4) is 0 Å². The number of fused-ring (bicyclic) bond motifs is 1. The number of pyridine rings is 1. The van der Waals surface area contributed by atoms with Gasteiger partial charge < -0.3 is 19.7 Å². The van der Waals surface area contributed by atoms with Gasteiger partial charge in [0.2, 0.25) is 0 Å². The van der Waals surface area contributed by atoms with Crippen molar-refractivity contribution in [3.63, 3.8) is 0 Å². The van der Waals surface area contributed by atoms with Crippen molar-refractivity contribution in [2.24, 2.45) is 7.05 Å². The molecule has 2 unspecified atom stereocenters. The molecule has 6 nitrogen and oxygen atoms in total. The Labute approximate surface area is 150 Å². The predicted octanol–water partition coefficient (Wildman–Crippen LogP) is 2.22. The number of imidazole rings is 1. The van der Waals surface area contributed by atoms with E-state index in [9.17, 15) is 10.2 Å². The molecular weight excluding hydrogens is 340 g/mol. The molecule has 1 aliphatic rings. The molecule has 0 radical (unpaired) electrons. The van der Waals surface area contributed by atoms with E-state index in [1.54, 1.807) is 6.20 Å². The number of aliphatic hydroxyl groups excluding tert-OH is 2. The van der Waals surface area contributed by atoms with E-state index in [1.165, 1.54) is 0 Å². The zero-order valence-corrected chi connectivity index (χ0v) is 14.6. The van der Waals surface area contributed by atoms with Gasteiger partial charge in [-0.15, -0.1) is 0 Å². The Morgan fingerprint density at radius 2 is 2.00 bits per heavy atom. The van der Waals surface area contributed by atoms with Crippen LogP contribution in [-0.4, -0.2) is 50.0 Å². The highest BCUT2D eigenvalue weighted by Crippen LogP contribution is 2.32. The number of rotatable bonds is 2. The van der Waals surface area contributed by atoms with Crippen molar-refractivity contribution in [1.82, 2.24) is 14.5 Å². The third kappa shape index (κ3) is 2.86. The number of hydrogen-bond donors (Lipinski definition) is 2. The molecular formula is C18H19ClN4O2. The molecule has 4 rings (SSSR count). The second-order valence-corrected chi connectivity index (χ2v) is 6.78. The molecule has 3 heterocycles. The molecule has 2 N–H and O–H groups in total. The van der Waals surface area contributed by atoms with Gasteiger partial charge in [-0.05, 0) is 24.6 Å². The van der Waals surface area contributed by atoms with Crippen LogP contribution >= 0.6 is 11.6 Å². The van der Waals surface area contributed by atoms with Crippen LogP contribution in [0.25, 0.3) is 22.4 Å². The Kier molecular flexibility index (Phi) is 4.11. The van der Waals surface area contributed by atoms with Gasteiger partial charge in [0, 0.05) is 31.9 Å². The second-order valence-electron chi connectivity index (χ2n) is 6.37. The Hall–Kier alpha value is -2.15. The molecule has 1 saturated heterocycles. The number of β-amino-alcohol motifs (C(OH)–C–C–N with tert-alkyl or cyclic N) is 1. The summed E-state index contributed by atoms with van der Waals surface area (Å²) >= 11 is 6.40. The summed E-state index contributed by atoms with van der Waals surface area (Å²) in [7, 11) is 1.96. The van der Waals surface area contributed by atoms with Crippen LogP contribution in [0.5, 0.6) is 0 Å². The summed E-state index contributed by atoms with van der Waals surface area (Å²) in [6, 6.07) is 9.82. The van der Waals surface area contributed by atoms with Gasteiger partial charge >= 0.3 is 0 Å². The fourth-order valence-corrected chi connectivity index (χ4v) is 3.47. The maximum absolute atomic E-state index is 9.93. The molecule has 130 valence electrons. The average Bonchev–Trinajstić information content (AvgIpc) is 2.95. The zero-order valence-electron chi connectivity index (χ0n) is 13.8. The molecule has 2 aromatic heterocycles. The van der Waals surface area contributed by atoms with E-state index in [4.69, 9.17) is 16.6 Å². The van der Waals surface area contributed by atoms with Crippen LogP contribution in [0.4, 0.5) is 5.82 Å². The van der Waals surface area contributed by atoms with Crippen LogP contribution < -0.4 is 4.90 Å². The largest absolute Gasteiger partial charge is 0.390 e. The van der Waals surface area contributed by atoms with Gasteiger partial charge in [0.25, 0.3) is 0 Å². The van der Waals surface area contributed by atoms with E-state index in [-0.39, 0.29) is 0 Å². The molecule has 0 spiro atoms. The number of piperidine rings is 1. The van der Waals surface area contributed by atoms with Crippen molar-refractivity contribution in [3.05, 3.63) is 41.6 Å². The van der Waals surface area contributed by atoms with E-state index in [0.717, 1.165) is 28.2 Å². The highest BCUT2D eigenvalue weighted by Gasteiger charge is 2.27. The van der Waals surface area contributed by atoms with E-state index in [0.29, 0.717) is 24.5 Å². The number of nitrogens with zero attached hydrogens (tertiary/aromatic N) is 4. The van der Waals surface area contributed by atoms with Crippen LogP contribution in [0.15, 0.2) is 36.5 Å². The van der Waals surface area contributed by atoms with Gasteiger partial charge in [0.15, 0.2) is 0 Å².